The van der Waals surface area contributed by atoms with Crippen LogP contribution in [0.2, 0.25) is 0 Å². The first-order chi connectivity index (χ1) is 11.9. The van der Waals surface area contributed by atoms with Crippen LogP contribution < -0.4 is 15.5 Å². The third-order valence-electron chi connectivity index (χ3n) is 4.40. The third kappa shape index (κ3) is 6.94. The Bertz CT molecular complexity index is 694. The van der Waals surface area contributed by atoms with Crippen LogP contribution in [0.1, 0.15) is 25.8 Å². The first-order valence-electron chi connectivity index (χ1n) is 9.01. The average molecular weight is 494 g/mol. The summed E-state index contributed by atoms with van der Waals surface area (Å²) in [7, 11) is -2.89. The monoisotopic (exact) mass is 494 g/mol. The van der Waals surface area contributed by atoms with Crippen LogP contribution in [0, 0.1) is 6.92 Å². The van der Waals surface area contributed by atoms with Gasteiger partial charge in [0.25, 0.3) is 0 Å². The molecule has 0 radical (unpaired) electrons. The number of halogens is 1. The lowest BCUT2D eigenvalue weighted by Gasteiger charge is -2.24. The Hall–Kier alpha value is -1.03. The molecule has 2 N–H and O–H groups in total. The van der Waals surface area contributed by atoms with Crippen LogP contribution in [-0.4, -0.2) is 58.1 Å². The van der Waals surface area contributed by atoms with Crippen molar-refractivity contribution in [3.8, 4) is 0 Å². The normalized spacial score (nSPS) is 18.9. The second-order valence-corrected chi connectivity index (χ2v) is 8.60. The van der Waals surface area contributed by atoms with Crippen LogP contribution in [0.5, 0.6) is 0 Å². The van der Waals surface area contributed by atoms with Crippen molar-refractivity contribution in [3.05, 3.63) is 29.8 Å². The molecule has 6 nitrogen and oxygen atoms in total. The number of hydrogen-bond donors (Lipinski definition) is 2. The van der Waals surface area contributed by atoms with Crippen LogP contribution in [-0.2, 0) is 9.84 Å². The van der Waals surface area contributed by atoms with Crippen LogP contribution >= 0.6 is 24.0 Å². The van der Waals surface area contributed by atoms with Crippen LogP contribution in [0.3, 0.4) is 0 Å². The lowest BCUT2D eigenvalue weighted by atomic mass is 10.2. The highest BCUT2D eigenvalue weighted by atomic mass is 127. The summed E-state index contributed by atoms with van der Waals surface area (Å²) < 4.78 is 23.2. The van der Waals surface area contributed by atoms with Gasteiger partial charge in [-0.3, -0.25) is 4.99 Å². The molecule has 8 heteroatoms. The van der Waals surface area contributed by atoms with E-state index in [9.17, 15) is 8.42 Å². The number of benzene rings is 1. The topological polar surface area (TPSA) is 73.8 Å². The van der Waals surface area contributed by atoms with Gasteiger partial charge in [-0.1, -0.05) is 18.2 Å². The molecule has 0 saturated carbocycles. The average Bonchev–Trinajstić information content (AvgIpc) is 2.91. The molecule has 26 heavy (non-hydrogen) atoms. The molecule has 1 aliphatic heterocycles. The Kier molecular flexibility index (Phi) is 9.70. The number of hydrogen-bond acceptors (Lipinski definition) is 4. The maximum atomic E-state index is 11.6. The molecule has 1 fully saturated rings. The maximum absolute atomic E-state index is 11.6. The Morgan fingerprint density at radius 1 is 1.31 bits per heavy atom. The molecule has 0 aromatic heterocycles. The predicted molar refractivity (Wildman–Crippen MR) is 121 cm³/mol. The van der Waals surface area contributed by atoms with E-state index in [1.54, 1.807) is 0 Å². The second-order valence-electron chi connectivity index (χ2n) is 6.37. The number of likely N-dealkylation sites (N-methyl/N-ethyl adjacent to an activating group) is 1. The zero-order valence-electron chi connectivity index (χ0n) is 15.9. The summed E-state index contributed by atoms with van der Waals surface area (Å²) in [5.74, 6) is 1.16. The van der Waals surface area contributed by atoms with Crippen molar-refractivity contribution in [1.29, 1.82) is 0 Å². The number of aliphatic imine (C=N–C) groups is 1. The summed E-state index contributed by atoms with van der Waals surface area (Å²) >= 11 is 0. The van der Waals surface area contributed by atoms with E-state index in [2.05, 4.69) is 52.6 Å². The minimum atomic E-state index is -2.89. The van der Waals surface area contributed by atoms with Gasteiger partial charge in [0, 0.05) is 31.4 Å². The number of guanidine groups is 1. The fourth-order valence-electron chi connectivity index (χ4n) is 3.07. The Morgan fingerprint density at radius 3 is 2.62 bits per heavy atom. The fraction of sp³-hybridized carbons (Fsp3) is 0.611. The molecule has 0 amide bonds. The molecule has 1 aromatic rings. The number of para-hydroxylation sites is 1. The Labute approximate surface area is 174 Å². The molecule has 0 bridgehead atoms. The Balaban J connectivity index is 0.00000338. The molecule has 1 atom stereocenters. The van der Waals surface area contributed by atoms with Crippen molar-refractivity contribution in [2.75, 3.05) is 42.6 Å². The van der Waals surface area contributed by atoms with Gasteiger partial charge in [0.05, 0.1) is 18.1 Å². The molecule has 0 aliphatic carbocycles. The van der Waals surface area contributed by atoms with Crippen molar-refractivity contribution < 1.29 is 8.42 Å². The van der Waals surface area contributed by atoms with Gasteiger partial charge in [-0.05, 0) is 38.8 Å². The van der Waals surface area contributed by atoms with E-state index in [-0.39, 0.29) is 41.5 Å². The lowest BCUT2D eigenvalue weighted by molar-refractivity contribution is 0.599. The van der Waals surface area contributed by atoms with Gasteiger partial charge in [0.1, 0.15) is 0 Å². The number of sulfone groups is 1. The summed E-state index contributed by atoms with van der Waals surface area (Å²) in [5.41, 5.74) is 2.49. The number of rotatable bonds is 7. The fourth-order valence-corrected chi connectivity index (χ4v) is 4.75. The molecule has 1 aliphatic rings. The SMILES string of the molecule is CCNC(=NCCN(CC)c1ccccc1C)NC1CCS(=O)(=O)C1.I. The molecule has 0 spiro atoms. The van der Waals surface area contributed by atoms with Crippen molar-refractivity contribution in [1.82, 2.24) is 10.6 Å². The zero-order valence-corrected chi connectivity index (χ0v) is 19.0. The molecule has 1 heterocycles. The van der Waals surface area contributed by atoms with Gasteiger partial charge in [-0.25, -0.2) is 8.42 Å². The van der Waals surface area contributed by atoms with E-state index in [0.29, 0.717) is 18.9 Å². The molecular formula is C18H31IN4O2S. The van der Waals surface area contributed by atoms with Gasteiger partial charge < -0.3 is 15.5 Å². The van der Waals surface area contributed by atoms with Gasteiger partial charge >= 0.3 is 0 Å². The first kappa shape index (κ1) is 23.0. The molecule has 148 valence electrons. The van der Waals surface area contributed by atoms with E-state index in [1.165, 1.54) is 11.3 Å². The van der Waals surface area contributed by atoms with Gasteiger partial charge in [0.15, 0.2) is 15.8 Å². The highest BCUT2D eigenvalue weighted by molar-refractivity contribution is 14.0. The van der Waals surface area contributed by atoms with E-state index in [0.717, 1.165) is 19.6 Å². The van der Waals surface area contributed by atoms with E-state index >= 15 is 0 Å². The highest BCUT2D eigenvalue weighted by Gasteiger charge is 2.28. The largest absolute Gasteiger partial charge is 0.370 e. The number of anilines is 1. The number of nitrogens with zero attached hydrogens (tertiary/aromatic N) is 2. The van der Waals surface area contributed by atoms with Gasteiger partial charge in [0.2, 0.25) is 0 Å². The zero-order chi connectivity index (χ0) is 18.3. The van der Waals surface area contributed by atoms with Crippen molar-refractivity contribution in [2.45, 2.75) is 33.2 Å². The smallest absolute Gasteiger partial charge is 0.191 e. The maximum Gasteiger partial charge on any atom is 0.191 e. The molecule has 1 saturated heterocycles. The summed E-state index contributed by atoms with van der Waals surface area (Å²) in [6, 6.07) is 8.32. The first-order valence-corrected chi connectivity index (χ1v) is 10.8. The molecule has 1 aromatic carbocycles. The predicted octanol–water partition coefficient (Wildman–Crippen LogP) is 2.18. The third-order valence-corrected chi connectivity index (χ3v) is 6.16. The summed E-state index contributed by atoms with van der Waals surface area (Å²) in [4.78, 5) is 6.93. The van der Waals surface area contributed by atoms with E-state index < -0.39 is 9.84 Å². The van der Waals surface area contributed by atoms with Gasteiger partial charge in [-0.15, -0.1) is 24.0 Å². The van der Waals surface area contributed by atoms with Crippen LogP contribution in [0.4, 0.5) is 5.69 Å². The van der Waals surface area contributed by atoms with E-state index in [4.69, 9.17) is 0 Å². The second kappa shape index (κ2) is 11.0. The minimum Gasteiger partial charge on any atom is -0.370 e. The molecular weight excluding hydrogens is 463 g/mol. The van der Waals surface area contributed by atoms with Crippen LogP contribution in [0.25, 0.3) is 0 Å². The van der Waals surface area contributed by atoms with Crippen molar-refractivity contribution in [2.24, 2.45) is 4.99 Å². The summed E-state index contributed by atoms with van der Waals surface area (Å²) in [6.07, 6.45) is 0.650. The Morgan fingerprint density at radius 2 is 2.04 bits per heavy atom. The van der Waals surface area contributed by atoms with E-state index in [1.807, 2.05) is 13.0 Å². The number of aryl methyl sites for hydroxylation is 1. The molecule has 2 rings (SSSR count). The minimum absolute atomic E-state index is 0. The van der Waals surface area contributed by atoms with Crippen molar-refractivity contribution in [3.63, 3.8) is 0 Å². The summed E-state index contributed by atoms with van der Waals surface area (Å²) in [6.45, 7) is 9.41. The standard InChI is InChI=1S/C18H30N4O2S.HI/c1-4-19-18(21-16-10-13-25(23,24)14-16)20-11-12-22(5-2)17-9-7-6-8-15(17)3;/h6-9,16H,4-5,10-14H2,1-3H3,(H2,19,20,21);1H. The summed E-state index contributed by atoms with van der Waals surface area (Å²) in [5, 5.41) is 6.46. The van der Waals surface area contributed by atoms with Crippen molar-refractivity contribution >= 4 is 45.5 Å². The number of nitrogens with one attached hydrogen (secondary N) is 2. The van der Waals surface area contributed by atoms with Crippen LogP contribution in [0.15, 0.2) is 29.3 Å². The molecule has 1 unspecified atom stereocenters. The highest BCUT2D eigenvalue weighted by Crippen LogP contribution is 2.18. The van der Waals surface area contributed by atoms with Gasteiger partial charge in [-0.2, -0.15) is 0 Å². The quantitative estimate of drug-likeness (QED) is 0.346. The lowest BCUT2D eigenvalue weighted by Crippen LogP contribution is -2.44.